The largest absolute Gasteiger partial charge is 0.314 e. The maximum Gasteiger partial charge on any atom is 0.232 e. The van der Waals surface area contributed by atoms with E-state index in [9.17, 15) is 8.42 Å². The van der Waals surface area contributed by atoms with E-state index in [0.717, 1.165) is 13.0 Å². The van der Waals surface area contributed by atoms with Gasteiger partial charge in [-0.2, -0.15) is 0 Å². The van der Waals surface area contributed by atoms with Gasteiger partial charge in [0.25, 0.3) is 0 Å². The lowest BCUT2D eigenvalue weighted by atomic mass is 10.3. The van der Waals surface area contributed by atoms with Crippen molar-refractivity contribution in [2.75, 3.05) is 17.0 Å². The highest BCUT2D eigenvalue weighted by Crippen LogP contribution is 2.30. The summed E-state index contributed by atoms with van der Waals surface area (Å²) in [5.41, 5.74) is 0.256. The van der Waals surface area contributed by atoms with Crippen LogP contribution in [0.2, 0.25) is 10.0 Å². The molecule has 0 amide bonds. The molecule has 1 aliphatic rings. The zero-order valence-corrected chi connectivity index (χ0v) is 13.4. The number of benzene rings is 1. The Balaban J connectivity index is 1.80. The third-order valence-electron chi connectivity index (χ3n) is 3.07. The maximum atomic E-state index is 12.0. The van der Waals surface area contributed by atoms with E-state index in [0.29, 0.717) is 22.5 Å². The molecule has 0 saturated heterocycles. The third-order valence-corrected chi connectivity index (χ3v) is 5.04. The van der Waals surface area contributed by atoms with Gasteiger partial charge in [0.05, 0.1) is 21.5 Å². The maximum absolute atomic E-state index is 12.0. The van der Waals surface area contributed by atoms with Crippen LogP contribution in [-0.2, 0) is 10.0 Å². The van der Waals surface area contributed by atoms with E-state index in [2.05, 4.69) is 10.0 Å². The lowest BCUT2D eigenvalue weighted by Gasteiger charge is -2.11. The van der Waals surface area contributed by atoms with Crippen molar-refractivity contribution in [1.29, 1.82) is 0 Å². The molecule has 0 heterocycles. The van der Waals surface area contributed by atoms with E-state index in [4.69, 9.17) is 23.2 Å². The van der Waals surface area contributed by atoms with E-state index >= 15 is 0 Å². The van der Waals surface area contributed by atoms with Crippen LogP contribution in [-0.4, -0.2) is 26.8 Å². The Hall–Kier alpha value is -0.490. The van der Waals surface area contributed by atoms with Gasteiger partial charge in [-0.05, 0) is 44.4 Å². The van der Waals surface area contributed by atoms with Gasteiger partial charge in [-0.15, -0.1) is 0 Å². The van der Waals surface area contributed by atoms with Crippen molar-refractivity contribution in [3.8, 4) is 0 Å². The smallest absolute Gasteiger partial charge is 0.232 e. The fourth-order valence-electron chi connectivity index (χ4n) is 1.81. The fourth-order valence-corrected chi connectivity index (χ4v) is 3.63. The molecule has 1 aromatic carbocycles. The first-order chi connectivity index (χ1) is 9.48. The number of sulfonamides is 1. The molecule has 1 aromatic rings. The Bertz CT molecular complexity index is 539. The Labute approximate surface area is 129 Å². The number of anilines is 1. The topological polar surface area (TPSA) is 58.2 Å². The average molecular weight is 337 g/mol. The van der Waals surface area contributed by atoms with Crippen molar-refractivity contribution in [3.63, 3.8) is 0 Å². The standard InChI is InChI=1S/C13H18Cl2N2O2S/c14-11-4-3-5-12(15)13(11)17-20(18,19)9-2-1-8-16-10-6-7-10/h3-5,10,16-17H,1-2,6-9H2. The van der Waals surface area contributed by atoms with Crippen LogP contribution in [0.4, 0.5) is 5.69 Å². The predicted octanol–water partition coefficient (Wildman–Crippen LogP) is 3.27. The number of hydrogen-bond acceptors (Lipinski definition) is 3. The van der Waals surface area contributed by atoms with Crippen LogP contribution in [0.5, 0.6) is 0 Å². The second-order valence-electron chi connectivity index (χ2n) is 4.95. The molecule has 0 aromatic heterocycles. The van der Waals surface area contributed by atoms with Gasteiger partial charge in [-0.25, -0.2) is 8.42 Å². The molecule has 0 unspecified atom stereocenters. The van der Waals surface area contributed by atoms with Crippen LogP contribution in [0.1, 0.15) is 25.7 Å². The van der Waals surface area contributed by atoms with Crippen LogP contribution in [0.3, 0.4) is 0 Å². The predicted molar refractivity (Wildman–Crippen MR) is 84.1 cm³/mol. The van der Waals surface area contributed by atoms with Gasteiger partial charge in [-0.3, -0.25) is 4.72 Å². The minimum atomic E-state index is -3.41. The van der Waals surface area contributed by atoms with Crippen molar-refractivity contribution in [2.24, 2.45) is 0 Å². The number of rotatable bonds is 8. The quantitative estimate of drug-likeness (QED) is 0.716. The Morgan fingerprint density at radius 1 is 1.15 bits per heavy atom. The van der Waals surface area contributed by atoms with Crippen molar-refractivity contribution in [3.05, 3.63) is 28.2 Å². The summed E-state index contributed by atoms with van der Waals surface area (Å²) in [7, 11) is -3.41. The summed E-state index contributed by atoms with van der Waals surface area (Å²) < 4.78 is 26.4. The first kappa shape index (κ1) is 15.9. The van der Waals surface area contributed by atoms with Crippen LogP contribution >= 0.6 is 23.2 Å². The normalized spacial score (nSPS) is 15.3. The van der Waals surface area contributed by atoms with E-state index in [1.807, 2.05) is 0 Å². The lowest BCUT2D eigenvalue weighted by molar-refractivity contribution is 0.591. The fraction of sp³-hybridized carbons (Fsp3) is 0.538. The zero-order chi connectivity index (χ0) is 14.6. The van der Waals surface area contributed by atoms with Gasteiger partial charge in [0.2, 0.25) is 10.0 Å². The lowest BCUT2D eigenvalue weighted by Crippen LogP contribution is -2.20. The molecule has 112 valence electrons. The molecule has 0 radical (unpaired) electrons. The molecule has 0 aliphatic heterocycles. The molecular formula is C13H18Cl2N2O2S. The number of para-hydroxylation sites is 1. The molecule has 1 saturated carbocycles. The molecule has 7 heteroatoms. The summed E-state index contributed by atoms with van der Waals surface area (Å²) in [4.78, 5) is 0. The first-order valence-corrected chi connectivity index (χ1v) is 9.07. The first-order valence-electron chi connectivity index (χ1n) is 6.66. The van der Waals surface area contributed by atoms with Crippen LogP contribution in [0.15, 0.2) is 18.2 Å². The molecule has 4 nitrogen and oxygen atoms in total. The number of nitrogens with one attached hydrogen (secondary N) is 2. The summed E-state index contributed by atoms with van der Waals surface area (Å²) >= 11 is 11.9. The van der Waals surface area contributed by atoms with Gasteiger partial charge < -0.3 is 5.32 Å². The van der Waals surface area contributed by atoms with Gasteiger partial charge in [0.1, 0.15) is 0 Å². The van der Waals surface area contributed by atoms with E-state index in [1.165, 1.54) is 12.8 Å². The summed E-state index contributed by atoms with van der Waals surface area (Å²) in [6, 6.07) is 5.54. The summed E-state index contributed by atoms with van der Waals surface area (Å²) in [5, 5.41) is 3.96. The van der Waals surface area contributed by atoms with Gasteiger partial charge >= 0.3 is 0 Å². The van der Waals surface area contributed by atoms with Crippen molar-refractivity contribution in [1.82, 2.24) is 5.32 Å². The van der Waals surface area contributed by atoms with Crippen LogP contribution in [0.25, 0.3) is 0 Å². The van der Waals surface area contributed by atoms with E-state index < -0.39 is 10.0 Å². The van der Waals surface area contributed by atoms with Gasteiger partial charge in [0.15, 0.2) is 0 Å². The number of unbranched alkanes of at least 4 members (excludes halogenated alkanes) is 1. The highest BCUT2D eigenvalue weighted by molar-refractivity contribution is 7.92. The summed E-state index contributed by atoms with van der Waals surface area (Å²) in [6.45, 7) is 0.868. The third kappa shape index (κ3) is 5.13. The van der Waals surface area contributed by atoms with Gasteiger partial charge in [-0.1, -0.05) is 29.3 Å². The van der Waals surface area contributed by atoms with Crippen molar-refractivity contribution < 1.29 is 8.42 Å². The second kappa shape index (κ2) is 6.98. The molecule has 20 heavy (non-hydrogen) atoms. The van der Waals surface area contributed by atoms with Gasteiger partial charge in [0, 0.05) is 6.04 Å². The second-order valence-corrected chi connectivity index (χ2v) is 7.61. The highest BCUT2D eigenvalue weighted by atomic mass is 35.5. The Morgan fingerprint density at radius 2 is 1.80 bits per heavy atom. The molecule has 1 aliphatic carbocycles. The highest BCUT2D eigenvalue weighted by Gasteiger charge is 2.20. The minimum absolute atomic E-state index is 0.0703. The van der Waals surface area contributed by atoms with Crippen molar-refractivity contribution >= 4 is 38.9 Å². The molecular weight excluding hydrogens is 319 g/mol. The number of hydrogen-bond donors (Lipinski definition) is 2. The average Bonchev–Trinajstić information content (AvgIpc) is 3.18. The SMILES string of the molecule is O=S(=O)(CCCCNC1CC1)Nc1c(Cl)cccc1Cl. The molecule has 2 N–H and O–H groups in total. The molecule has 1 fully saturated rings. The summed E-state index contributed by atoms with van der Waals surface area (Å²) in [5.74, 6) is 0.0703. The Kier molecular flexibility index (Phi) is 5.55. The molecule has 0 atom stereocenters. The molecule has 0 spiro atoms. The monoisotopic (exact) mass is 336 g/mol. The molecule has 0 bridgehead atoms. The van der Waals surface area contributed by atoms with Crippen molar-refractivity contribution in [2.45, 2.75) is 31.7 Å². The number of halogens is 2. The molecule has 2 rings (SSSR count). The van der Waals surface area contributed by atoms with Crippen LogP contribution in [0, 0.1) is 0 Å². The minimum Gasteiger partial charge on any atom is -0.314 e. The van der Waals surface area contributed by atoms with Crippen LogP contribution < -0.4 is 10.0 Å². The van der Waals surface area contributed by atoms with E-state index in [-0.39, 0.29) is 11.4 Å². The summed E-state index contributed by atoms with van der Waals surface area (Å²) in [6.07, 6.45) is 3.93. The zero-order valence-electron chi connectivity index (χ0n) is 11.0. The Morgan fingerprint density at radius 3 is 2.40 bits per heavy atom. The van der Waals surface area contributed by atoms with E-state index in [1.54, 1.807) is 18.2 Å².